The summed E-state index contributed by atoms with van der Waals surface area (Å²) in [5, 5.41) is 19.5. The fraction of sp³-hybridized carbons (Fsp3) is 0.500. The van der Waals surface area contributed by atoms with Gasteiger partial charge in [-0.2, -0.15) is 0 Å². The van der Waals surface area contributed by atoms with Gasteiger partial charge in [0.2, 0.25) is 0 Å². The molecular weight excluding hydrogens is 190 g/mol. The molecule has 0 saturated heterocycles. The van der Waals surface area contributed by atoms with Gasteiger partial charge in [0.25, 0.3) is 0 Å². The second-order valence-electron chi connectivity index (χ2n) is 4.52. The summed E-state index contributed by atoms with van der Waals surface area (Å²) in [6.45, 7) is 1.76. The summed E-state index contributed by atoms with van der Waals surface area (Å²) in [6, 6.07) is 3.19. The van der Waals surface area contributed by atoms with Crippen molar-refractivity contribution in [2.24, 2.45) is 5.73 Å². The average Bonchev–Trinajstić information content (AvgIpc) is 2.60. The second-order valence-corrected chi connectivity index (χ2v) is 4.52. The molecule has 1 saturated carbocycles. The quantitative estimate of drug-likeness (QED) is 0.618. The number of rotatable bonds is 1. The van der Waals surface area contributed by atoms with Crippen LogP contribution in [0.25, 0.3) is 0 Å². The van der Waals surface area contributed by atoms with Crippen molar-refractivity contribution in [2.45, 2.75) is 38.1 Å². The number of phenols is 2. The Hall–Kier alpha value is -1.22. The van der Waals surface area contributed by atoms with Gasteiger partial charge in [-0.15, -0.1) is 0 Å². The van der Waals surface area contributed by atoms with Gasteiger partial charge in [0.05, 0.1) is 0 Å². The molecule has 0 bridgehead atoms. The number of nitrogens with two attached hydrogens (primary N) is 1. The third-order valence-electron chi connectivity index (χ3n) is 3.35. The van der Waals surface area contributed by atoms with Crippen molar-refractivity contribution in [3.05, 3.63) is 23.3 Å². The number of hydrogen-bond donors (Lipinski definition) is 3. The maximum absolute atomic E-state index is 9.85. The van der Waals surface area contributed by atoms with Crippen LogP contribution in [0.4, 0.5) is 0 Å². The molecule has 0 spiro atoms. The molecule has 1 aliphatic carbocycles. The summed E-state index contributed by atoms with van der Waals surface area (Å²) in [7, 11) is 0. The molecule has 0 unspecified atom stereocenters. The number of phenolic OH excluding ortho intramolecular Hbond substituents is 2. The summed E-state index contributed by atoms with van der Waals surface area (Å²) < 4.78 is 0. The molecule has 2 rings (SSSR count). The van der Waals surface area contributed by atoms with Crippen molar-refractivity contribution in [1.29, 1.82) is 0 Å². The summed E-state index contributed by atoms with van der Waals surface area (Å²) >= 11 is 0. The summed E-state index contributed by atoms with van der Waals surface area (Å²) in [6.07, 6.45) is 3.93. The maximum Gasteiger partial charge on any atom is 0.121 e. The molecule has 15 heavy (non-hydrogen) atoms. The van der Waals surface area contributed by atoms with E-state index in [9.17, 15) is 10.2 Å². The van der Waals surface area contributed by atoms with Crippen molar-refractivity contribution in [1.82, 2.24) is 0 Å². The minimum atomic E-state index is -0.449. The van der Waals surface area contributed by atoms with Gasteiger partial charge >= 0.3 is 0 Å². The van der Waals surface area contributed by atoms with Gasteiger partial charge in [-0.1, -0.05) is 12.8 Å². The van der Waals surface area contributed by atoms with Gasteiger partial charge in [0.15, 0.2) is 0 Å². The fourth-order valence-corrected chi connectivity index (χ4v) is 2.36. The Morgan fingerprint density at radius 3 is 2.33 bits per heavy atom. The van der Waals surface area contributed by atoms with Crippen LogP contribution in [0.2, 0.25) is 0 Å². The average molecular weight is 207 g/mol. The topological polar surface area (TPSA) is 66.5 Å². The number of benzene rings is 1. The van der Waals surface area contributed by atoms with E-state index in [1.807, 2.05) is 0 Å². The fourth-order valence-electron chi connectivity index (χ4n) is 2.36. The van der Waals surface area contributed by atoms with Crippen LogP contribution < -0.4 is 5.73 Å². The predicted molar refractivity (Wildman–Crippen MR) is 58.8 cm³/mol. The highest BCUT2D eigenvalue weighted by Crippen LogP contribution is 2.42. The molecule has 4 N–H and O–H groups in total. The molecule has 1 aliphatic rings. The first-order chi connectivity index (χ1) is 7.03. The van der Waals surface area contributed by atoms with Crippen molar-refractivity contribution in [2.75, 3.05) is 0 Å². The maximum atomic E-state index is 9.85. The molecule has 0 radical (unpaired) electrons. The molecular formula is C12H17NO2. The number of hydrogen-bond acceptors (Lipinski definition) is 3. The highest BCUT2D eigenvalue weighted by atomic mass is 16.3. The van der Waals surface area contributed by atoms with Gasteiger partial charge in [-0.25, -0.2) is 0 Å². The smallest absolute Gasteiger partial charge is 0.121 e. The van der Waals surface area contributed by atoms with E-state index in [1.54, 1.807) is 19.1 Å². The summed E-state index contributed by atoms with van der Waals surface area (Å²) in [5.41, 5.74) is 7.14. The van der Waals surface area contributed by atoms with Crippen molar-refractivity contribution >= 4 is 0 Å². The highest BCUT2D eigenvalue weighted by Gasteiger charge is 2.33. The second kappa shape index (κ2) is 3.42. The molecule has 0 aromatic heterocycles. The monoisotopic (exact) mass is 207 g/mol. The molecule has 1 aromatic rings. The van der Waals surface area contributed by atoms with E-state index in [4.69, 9.17) is 5.73 Å². The lowest BCUT2D eigenvalue weighted by Gasteiger charge is -2.25. The van der Waals surface area contributed by atoms with Crippen LogP contribution in [0.1, 0.15) is 36.8 Å². The predicted octanol–water partition coefficient (Wildman–Crippen LogP) is 2.13. The lowest BCUT2D eigenvalue weighted by atomic mass is 9.88. The van der Waals surface area contributed by atoms with E-state index < -0.39 is 5.54 Å². The van der Waals surface area contributed by atoms with E-state index in [0.29, 0.717) is 11.1 Å². The van der Waals surface area contributed by atoms with E-state index in [2.05, 4.69) is 0 Å². The highest BCUT2D eigenvalue weighted by molar-refractivity contribution is 5.47. The summed E-state index contributed by atoms with van der Waals surface area (Å²) in [4.78, 5) is 0. The minimum Gasteiger partial charge on any atom is -0.508 e. The SMILES string of the molecule is Cc1cc(O)c(C2(N)CCCC2)cc1O. The zero-order valence-electron chi connectivity index (χ0n) is 8.95. The first-order valence-electron chi connectivity index (χ1n) is 5.35. The van der Waals surface area contributed by atoms with Gasteiger partial charge in [0.1, 0.15) is 11.5 Å². The molecule has 1 fully saturated rings. The first-order valence-corrected chi connectivity index (χ1v) is 5.35. The van der Waals surface area contributed by atoms with Crippen LogP contribution in [0.15, 0.2) is 12.1 Å². The normalized spacial score (nSPS) is 19.3. The van der Waals surface area contributed by atoms with Gasteiger partial charge in [-0.05, 0) is 37.5 Å². The van der Waals surface area contributed by atoms with E-state index in [0.717, 1.165) is 25.7 Å². The minimum absolute atomic E-state index is 0.203. The van der Waals surface area contributed by atoms with Gasteiger partial charge in [0, 0.05) is 11.1 Å². The molecule has 1 aromatic carbocycles. The lowest BCUT2D eigenvalue weighted by Crippen LogP contribution is -2.33. The molecule has 0 atom stereocenters. The molecule has 0 heterocycles. The molecule has 82 valence electrons. The van der Waals surface area contributed by atoms with Crippen molar-refractivity contribution < 1.29 is 10.2 Å². The van der Waals surface area contributed by atoms with Crippen LogP contribution in [-0.4, -0.2) is 10.2 Å². The van der Waals surface area contributed by atoms with Gasteiger partial charge < -0.3 is 15.9 Å². The number of aromatic hydroxyl groups is 2. The largest absolute Gasteiger partial charge is 0.508 e. The molecule has 3 heteroatoms. The third kappa shape index (κ3) is 1.67. The van der Waals surface area contributed by atoms with Crippen molar-refractivity contribution in [3.63, 3.8) is 0 Å². The zero-order chi connectivity index (χ0) is 11.1. The lowest BCUT2D eigenvalue weighted by molar-refractivity contribution is 0.401. The van der Waals surface area contributed by atoms with Crippen LogP contribution in [0.5, 0.6) is 11.5 Å². The zero-order valence-corrected chi connectivity index (χ0v) is 8.95. The van der Waals surface area contributed by atoms with E-state index in [-0.39, 0.29) is 11.5 Å². The molecule has 3 nitrogen and oxygen atoms in total. The Balaban J connectivity index is 2.48. The molecule has 0 aliphatic heterocycles. The van der Waals surface area contributed by atoms with Crippen LogP contribution in [0.3, 0.4) is 0 Å². The van der Waals surface area contributed by atoms with Crippen LogP contribution >= 0.6 is 0 Å². The number of aryl methyl sites for hydroxylation is 1. The van der Waals surface area contributed by atoms with E-state index in [1.165, 1.54) is 0 Å². The Bertz CT molecular complexity index is 381. The Kier molecular flexibility index (Phi) is 2.35. The third-order valence-corrected chi connectivity index (χ3v) is 3.35. The Morgan fingerprint density at radius 2 is 1.73 bits per heavy atom. The summed E-state index contributed by atoms with van der Waals surface area (Å²) in [5.74, 6) is 0.411. The van der Waals surface area contributed by atoms with Crippen LogP contribution in [0, 0.1) is 6.92 Å². The standard InChI is InChI=1S/C12H17NO2/c1-8-6-11(15)9(7-10(8)14)12(13)4-2-3-5-12/h6-7,14-15H,2-5,13H2,1H3. The molecule has 0 amide bonds. The van der Waals surface area contributed by atoms with Crippen LogP contribution in [-0.2, 0) is 5.54 Å². The van der Waals surface area contributed by atoms with Gasteiger partial charge in [-0.3, -0.25) is 0 Å². The first kappa shape index (κ1) is 10.3. The Morgan fingerprint density at radius 1 is 1.13 bits per heavy atom. The van der Waals surface area contributed by atoms with E-state index >= 15 is 0 Å². The Labute approximate surface area is 89.5 Å². The van der Waals surface area contributed by atoms with Crippen molar-refractivity contribution in [3.8, 4) is 11.5 Å².